The summed E-state index contributed by atoms with van der Waals surface area (Å²) in [5.74, 6) is 0.000556. The van der Waals surface area contributed by atoms with Crippen LogP contribution >= 0.6 is 27.3 Å². The summed E-state index contributed by atoms with van der Waals surface area (Å²) in [6, 6.07) is 7.96. The number of amides is 1. The van der Waals surface area contributed by atoms with Gasteiger partial charge in [-0.3, -0.25) is 4.79 Å². The minimum atomic E-state index is 0.000556. The van der Waals surface area contributed by atoms with Crippen molar-refractivity contribution in [1.29, 1.82) is 0 Å². The van der Waals surface area contributed by atoms with E-state index in [2.05, 4.69) is 27.3 Å². The average Bonchev–Trinajstić information content (AvgIpc) is 2.94. The first-order chi connectivity index (χ1) is 9.13. The van der Waals surface area contributed by atoms with Crippen LogP contribution in [0, 0.1) is 6.92 Å². The number of hydrogen-bond acceptors (Lipinski definition) is 2. The molecule has 1 N–H and O–H groups in total. The molecule has 0 spiro atoms. The van der Waals surface area contributed by atoms with E-state index in [0.29, 0.717) is 0 Å². The normalized spacial score (nSPS) is 13.4. The quantitative estimate of drug-likeness (QED) is 0.856. The van der Waals surface area contributed by atoms with Gasteiger partial charge in [0.1, 0.15) is 0 Å². The molecule has 2 aromatic rings. The first kappa shape index (κ1) is 12.9. The highest BCUT2D eigenvalue weighted by molar-refractivity contribution is 9.10. The molecule has 0 saturated heterocycles. The SMILES string of the molecule is Cc1ccc(Br)cc1NC(=O)c1cc2c(s1)CCC2. The number of halogens is 1. The average molecular weight is 336 g/mol. The van der Waals surface area contributed by atoms with Crippen molar-refractivity contribution < 1.29 is 4.79 Å². The first-order valence-corrected chi connectivity index (χ1v) is 7.93. The number of hydrogen-bond donors (Lipinski definition) is 1. The zero-order chi connectivity index (χ0) is 13.4. The Morgan fingerprint density at radius 3 is 2.95 bits per heavy atom. The van der Waals surface area contributed by atoms with Crippen molar-refractivity contribution in [2.75, 3.05) is 5.32 Å². The second kappa shape index (κ2) is 5.10. The Kier molecular flexibility index (Phi) is 3.46. The van der Waals surface area contributed by atoms with Crippen molar-refractivity contribution in [2.45, 2.75) is 26.2 Å². The van der Waals surface area contributed by atoms with Crippen LogP contribution in [0.3, 0.4) is 0 Å². The third kappa shape index (κ3) is 2.60. The molecule has 1 heterocycles. The lowest BCUT2D eigenvalue weighted by Crippen LogP contribution is -2.11. The highest BCUT2D eigenvalue weighted by atomic mass is 79.9. The second-order valence-corrected chi connectivity index (χ2v) is 6.88. The summed E-state index contributed by atoms with van der Waals surface area (Å²) in [7, 11) is 0. The minimum absolute atomic E-state index is 0.000556. The lowest BCUT2D eigenvalue weighted by Gasteiger charge is -2.07. The van der Waals surface area contributed by atoms with E-state index in [0.717, 1.165) is 33.4 Å². The molecule has 3 rings (SSSR count). The third-order valence-electron chi connectivity index (χ3n) is 3.42. The number of carbonyl (C=O) groups is 1. The van der Waals surface area contributed by atoms with Crippen molar-refractivity contribution in [3.63, 3.8) is 0 Å². The fraction of sp³-hybridized carbons (Fsp3) is 0.267. The van der Waals surface area contributed by atoms with Gasteiger partial charge in [0.15, 0.2) is 0 Å². The lowest BCUT2D eigenvalue weighted by atomic mass is 10.2. The maximum Gasteiger partial charge on any atom is 0.265 e. The van der Waals surface area contributed by atoms with E-state index in [-0.39, 0.29) is 5.91 Å². The molecule has 0 atom stereocenters. The van der Waals surface area contributed by atoms with E-state index in [4.69, 9.17) is 0 Å². The fourth-order valence-corrected chi connectivity index (χ4v) is 3.86. The molecule has 19 heavy (non-hydrogen) atoms. The molecule has 0 fully saturated rings. The summed E-state index contributed by atoms with van der Waals surface area (Å²) >= 11 is 5.07. The van der Waals surface area contributed by atoms with E-state index in [1.807, 2.05) is 25.1 Å². The smallest absolute Gasteiger partial charge is 0.265 e. The van der Waals surface area contributed by atoms with Gasteiger partial charge in [-0.2, -0.15) is 0 Å². The fourth-order valence-electron chi connectivity index (χ4n) is 2.35. The van der Waals surface area contributed by atoms with Gasteiger partial charge in [0.2, 0.25) is 0 Å². The standard InChI is InChI=1S/C15H14BrNOS/c1-9-5-6-11(16)8-12(9)17-15(18)14-7-10-3-2-4-13(10)19-14/h5-8H,2-4H2,1H3,(H,17,18). The highest BCUT2D eigenvalue weighted by Crippen LogP contribution is 2.31. The van der Waals surface area contributed by atoms with Crippen LogP contribution in [0.1, 0.15) is 32.1 Å². The van der Waals surface area contributed by atoms with Crippen LogP contribution in [0.5, 0.6) is 0 Å². The van der Waals surface area contributed by atoms with Crippen LogP contribution in [0.4, 0.5) is 5.69 Å². The Morgan fingerprint density at radius 1 is 1.32 bits per heavy atom. The molecule has 98 valence electrons. The van der Waals surface area contributed by atoms with Crippen molar-refractivity contribution in [2.24, 2.45) is 0 Å². The summed E-state index contributed by atoms with van der Waals surface area (Å²) in [6.07, 6.45) is 3.48. The number of fused-ring (bicyclic) bond motifs is 1. The van der Waals surface area contributed by atoms with Gasteiger partial charge in [0.05, 0.1) is 4.88 Å². The van der Waals surface area contributed by atoms with Gasteiger partial charge in [-0.25, -0.2) is 0 Å². The third-order valence-corrected chi connectivity index (χ3v) is 5.15. The maximum absolute atomic E-state index is 12.3. The zero-order valence-electron chi connectivity index (χ0n) is 10.6. The van der Waals surface area contributed by atoms with E-state index in [9.17, 15) is 4.79 Å². The molecule has 1 aromatic carbocycles. The summed E-state index contributed by atoms with van der Waals surface area (Å²) in [4.78, 5) is 14.5. The monoisotopic (exact) mass is 335 g/mol. The van der Waals surface area contributed by atoms with E-state index < -0.39 is 0 Å². The second-order valence-electron chi connectivity index (χ2n) is 4.83. The molecule has 0 aliphatic heterocycles. The number of aryl methyl sites for hydroxylation is 3. The van der Waals surface area contributed by atoms with Crippen LogP contribution in [-0.4, -0.2) is 5.91 Å². The first-order valence-electron chi connectivity index (χ1n) is 6.32. The van der Waals surface area contributed by atoms with Crippen molar-refractivity contribution in [3.05, 3.63) is 49.6 Å². The Morgan fingerprint density at radius 2 is 2.16 bits per heavy atom. The number of nitrogens with one attached hydrogen (secondary N) is 1. The van der Waals surface area contributed by atoms with Crippen LogP contribution in [0.25, 0.3) is 0 Å². The van der Waals surface area contributed by atoms with Crippen LogP contribution < -0.4 is 5.32 Å². The van der Waals surface area contributed by atoms with Gasteiger partial charge in [-0.1, -0.05) is 22.0 Å². The molecule has 1 aliphatic rings. The molecule has 1 amide bonds. The van der Waals surface area contributed by atoms with Gasteiger partial charge in [0, 0.05) is 15.0 Å². The topological polar surface area (TPSA) is 29.1 Å². The number of benzene rings is 1. The Labute approximate surface area is 125 Å². The molecular weight excluding hydrogens is 322 g/mol. The van der Waals surface area contributed by atoms with Crippen LogP contribution in [-0.2, 0) is 12.8 Å². The van der Waals surface area contributed by atoms with E-state index in [1.54, 1.807) is 11.3 Å². The van der Waals surface area contributed by atoms with Crippen LogP contribution in [0.2, 0.25) is 0 Å². The van der Waals surface area contributed by atoms with Gasteiger partial charge in [-0.05, 0) is 55.5 Å². The summed E-state index contributed by atoms with van der Waals surface area (Å²) in [5.41, 5.74) is 3.30. The van der Waals surface area contributed by atoms with Crippen LogP contribution in [0.15, 0.2) is 28.7 Å². The molecule has 0 saturated carbocycles. The van der Waals surface area contributed by atoms with Crippen molar-refractivity contribution in [3.8, 4) is 0 Å². The molecule has 1 aromatic heterocycles. The minimum Gasteiger partial charge on any atom is -0.321 e. The molecule has 0 bridgehead atoms. The number of thiophene rings is 1. The molecule has 0 unspecified atom stereocenters. The summed E-state index contributed by atoms with van der Waals surface area (Å²) < 4.78 is 0.974. The predicted octanol–water partition coefficient (Wildman–Crippen LogP) is 4.56. The summed E-state index contributed by atoms with van der Waals surface area (Å²) in [6.45, 7) is 2.00. The Balaban J connectivity index is 1.82. The Bertz CT molecular complexity index is 626. The molecule has 0 radical (unpaired) electrons. The van der Waals surface area contributed by atoms with Gasteiger partial charge in [0.25, 0.3) is 5.91 Å². The molecular formula is C15H14BrNOS. The predicted molar refractivity (Wildman–Crippen MR) is 83.2 cm³/mol. The van der Waals surface area contributed by atoms with Crippen molar-refractivity contribution >= 4 is 38.9 Å². The number of rotatable bonds is 2. The summed E-state index contributed by atoms with van der Waals surface area (Å²) in [5, 5.41) is 3.00. The van der Waals surface area contributed by atoms with Gasteiger partial charge < -0.3 is 5.32 Å². The van der Waals surface area contributed by atoms with Gasteiger partial charge >= 0.3 is 0 Å². The zero-order valence-corrected chi connectivity index (χ0v) is 13.0. The number of carbonyl (C=O) groups excluding carboxylic acids is 1. The largest absolute Gasteiger partial charge is 0.321 e. The van der Waals surface area contributed by atoms with E-state index >= 15 is 0 Å². The highest BCUT2D eigenvalue weighted by Gasteiger charge is 2.18. The maximum atomic E-state index is 12.3. The Hall–Kier alpha value is -1.13. The molecule has 4 heteroatoms. The van der Waals surface area contributed by atoms with E-state index in [1.165, 1.54) is 16.9 Å². The van der Waals surface area contributed by atoms with Gasteiger partial charge in [-0.15, -0.1) is 11.3 Å². The lowest BCUT2D eigenvalue weighted by molar-refractivity contribution is 0.103. The number of anilines is 1. The molecule has 1 aliphatic carbocycles. The van der Waals surface area contributed by atoms with Crippen molar-refractivity contribution in [1.82, 2.24) is 0 Å². The molecule has 2 nitrogen and oxygen atoms in total.